The van der Waals surface area contributed by atoms with Crippen molar-refractivity contribution < 1.29 is 19.1 Å². The van der Waals surface area contributed by atoms with Crippen LogP contribution in [0.5, 0.6) is 0 Å². The minimum absolute atomic E-state index is 0.0300. The van der Waals surface area contributed by atoms with E-state index in [9.17, 15) is 9.59 Å². The lowest BCUT2D eigenvalue weighted by molar-refractivity contribution is -0.147. The molecule has 0 heterocycles. The molecular formula is C15H29NO4. The molecule has 5 heteroatoms. The highest BCUT2D eigenvalue weighted by Crippen LogP contribution is 2.14. The summed E-state index contributed by atoms with van der Waals surface area (Å²) in [4.78, 5) is 25.8. The van der Waals surface area contributed by atoms with Gasteiger partial charge in [-0.25, -0.2) is 0 Å². The van der Waals surface area contributed by atoms with Gasteiger partial charge in [-0.2, -0.15) is 0 Å². The Labute approximate surface area is 122 Å². The van der Waals surface area contributed by atoms with Crippen molar-refractivity contribution in [1.29, 1.82) is 0 Å². The van der Waals surface area contributed by atoms with Gasteiger partial charge in [0.1, 0.15) is 0 Å². The Morgan fingerprint density at radius 1 is 1.15 bits per heavy atom. The number of rotatable bonds is 10. The second kappa shape index (κ2) is 10.7. The third-order valence-electron chi connectivity index (χ3n) is 3.52. The molecule has 20 heavy (non-hydrogen) atoms. The fourth-order valence-corrected chi connectivity index (χ4v) is 2.19. The molecule has 118 valence electrons. The van der Waals surface area contributed by atoms with Crippen LogP contribution in [0, 0.1) is 11.8 Å². The summed E-state index contributed by atoms with van der Waals surface area (Å²) < 4.78 is 9.76. The number of amides is 1. The summed E-state index contributed by atoms with van der Waals surface area (Å²) in [5.74, 6) is -0.427. The lowest BCUT2D eigenvalue weighted by atomic mass is 10.0. The molecule has 0 bridgehead atoms. The number of carbonyl (C=O) groups excluding carboxylic acids is 2. The monoisotopic (exact) mass is 287 g/mol. The van der Waals surface area contributed by atoms with Crippen LogP contribution in [0.3, 0.4) is 0 Å². The van der Waals surface area contributed by atoms with E-state index in [1.807, 2.05) is 13.8 Å². The molecule has 0 aromatic carbocycles. The molecule has 1 atom stereocenters. The summed E-state index contributed by atoms with van der Waals surface area (Å²) in [5, 5.41) is 0. The van der Waals surface area contributed by atoms with Crippen molar-refractivity contribution in [3.05, 3.63) is 0 Å². The molecule has 5 nitrogen and oxygen atoms in total. The summed E-state index contributed by atoms with van der Waals surface area (Å²) in [5.41, 5.74) is 0. The van der Waals surface area contributed by atoms with Gasteiger partial charge in [0.25, 0.3) is 0 Å². The molecule has 0 rings (SSSR count). The number of hydrogen-bond donors (Lipinski definition) is 0. The Kier molecular flexibility index (Phi) is 10.1. The van der Waals surface area contributed by atoms with E-state index in [4.69, 9.17) is 9.47 Å². The maximum Gasteiger partial charge on any atom is 0.310 e. The van der Waals surface area contributed by atoms with Crippen molar-refractivity contribution >= 4 is 11.9 Å². The van der Waals surface area contributed by atoms with E-state index in [0.717, 1.165) is 19.3 Å². The fourth-order valence-electron chi connectivity index (χ4n) is 2.19. The van der Waals surface area contributed by atoms with Crippen LogP contribution in [-0.2, 0) is 19.1 Å². The van der Waals surface area contributed by atoms with Crippen LogP contribution in [0.2, 0.25) is 0 Å². The Morgan fingerprint density at radius 2 is 1.75 bits per heavy atom. The molecule has 0 radical (unpaired) electrons. The van der Waals surface area contributed by atoms with Gasteiger partial charge < -0.3 is 14.4 Å². The van der Waals surface area contributed by atoms with E-state index in [1.165, 1.54) is 7.11 Å². The number of ether oxygens (including phenoxy) is 2. The Morgan fingerprint density at radius 3 is 2.20 bits per heavy atom. The van der Waals surface area contributed by atoms with Crippen LogP contribution in [0.25, 0.3) is 0 Å². The van der Waals surface area contributed by atoms with E-state index in [0.29, 0.717) is 19.7 Å². The smallest absolute Gasteiger partial charge is 0.310 e. The van der Waals surface area contributed by atoms with Gasteiger partial charge in [0, 0.05) is 32.7 Å². The van der Waals surface area contributed by atoms with Crippen LogP contribution in [0.4, 0.5) is 0 Å². The zero-order valence-corrected chi connectivity index (χ0v) is 13.5. The maximum absolute atomic E-state index is 12.5. The zero-order valence-electron chi connectivity index (χ0n) is 13.5. The van der Waals surface area contributed by atoms with Gasteiger partial charge >= 0.3 is 5.97 Å². The number of esters is 1. The number of methoxy groups -OCH3 is 2. The molecule has 0 saturated carbocycles. The summed E-state index contributed by atoms with van der Waals surface area (Å²) >= 11 is 0. The minimum atomic E-state index is -0.305. The Hall–Kier alpha value is -1.10. The quantitative estimate of drug-likeness (QED) is 0.456. The lowest BCUT2D eigenvalue weighted by Crippen LogP contribution is -2.41. The van der Waals surface area contributed by atoms with Gasteiger partial charge in [-0.3, -0.25) is 9.59 Å². The Balaban J connectivity index is 4.70. The van der Waals surface area contributed by atoms with Gasteiger partial charge in [0.05, 0.1) is 13.0 Å². The van der Waals surface area contributed by atoms with Crippen LogP contribution in [0.15, 0.2) is 0 Å². The third-order valence-corrected chi connectivity index (χ3v) is 3.52. The predicted molar refractivity (Wildman–Crippen MR) is 78.3 cm³/mol. The SMILES string of the molecule is CCC(CC)C(=O)N(CCCOC)CC(C)C(=O)OC. The van der Waals surface area contributed by atoms with Gasteiger partial charge in [-0.1, -0.05) is 20.8 Å². The molecule has 1 unspecified atom stereocenters. The van der Waals surface area contributed by atoms with Crippen LogP contribution in [-0.4, -0.2) is 50.7 Å². The molecule has 0 aliphatic heterocycles. The number of hydrogen-bond acceptors (Lipinski definition) is 4. The summed E-state index contributed by atoms with van der Waals surface area (Å²) in [6, 6.07) is 0. The van der Waals surface area contributed by atoms with Crippen LogP contribution >= 0.6 is 0 Å². The molecule has 0 saturated heterocycles. The van der Waals surface area contributed by atoms with Gasteiger partial charge in [-0.05, 0) is 19.3 Å². The molecule has 0 fully saturated rings. The number of nitrogens with zero attached hydrogens (tertiary/aromatic N) is 1. The second-order valence-corrected chi connectivity index (χ2v) is 5.07. The molecule has 1 amide bonds. The van der Waals surface area contributed by atoms with E-state index in [2.05, 4.69) is 0 Å². The highest BCUT2D eigenvalue weighted by atomic mass is 16.5. The average Bonchev–Trinajstić information content (AvgIpc) is 2.46. The Bertz CT molecular complexity index is 290. The van der Waals surface area contributed by atoms with E-state index >= 15 is 0 Å². The first-order valence-electron chi connectivity index (χ1n) is 7.37. The highest BCUT2D eigenvalue weighted by Gasteiger charge is 2.25. The summed E-state index contributed by atoms with van der Waals surface area (Å²) in [6.07, 6.45) is 2.42. The molecule has 0 N–H and O–H groups in total. The van der Waals surface area contributed by atoms with Crippen molar-refractivity contribution in [1.82, 2.24) is 4.90 Å². The zero-order chi connectivity index (χ0) is 15.5. The molecule has 0 spiro atoms. The van der Waals surface area contributed by atoms with Crippen LogP contribution < -0.4 is 0 Å². The normalized spacial score (nSPS) is 12.3. The maximum atomic E-state index is 12.5. The number of carbonyl (C=O) groups is 2. The minimum Gasteiger partial charge on any atom is -0.469 e. The summed E-state index contributed by atoms with van der Waals surface area (Å²) in [6.45, 7) is 7.46. The van der Waals surface area contributed by atoms with Crippen molar-refractivity contribution in [3.8, 4) is 0 Å². The lowest BCUT2D eigenvalue weighted by Gasteiger charge is -2.28. The molecule has 0 aromatic rings. The largest absolute Gasteiger partial charge is 0.469 e. The third kappa shape index (κ3) is 6.37. The van der Waals surface area contributed by atoms with Crippen molar-refractivity contribution in [2.24, 2.45) is 11.8 Å². The van der Waals surface area contributed by atoms with Crippen molar-refractivity contribution in [2.75, 3.05) is 33.9 Å². The van der Waals surface area contributed by atoms with E-state index in [-0.39, 0.29) is 23.7 Å². The topological polar surface area (TPSA) is 55.8 Å². The first kappa shape index (κ1) is 18.9. The fraction of sp³-hybridized carbons (Fsp3) is 0.867. The van der Waals surface area contributed by atoms with E-state index in [1.54, 1.807) is 18.9 Å². The molecule has 0 aromatic heterocycles. The second-order valence-electron chi connectivity index (χ2n) is 5.07. The average molecular weight is 287 g/mol. The van der Waals surface area contributed by atoms with Gasteiger partial charge in [-0.15, -0.1) is 0 Å². The van der Waals surface area contributed by atoms with Gasteiger partial charge in [0.15, 0.2) is 0 Å². The van der Waals surface area contributed by atoms with Crippen LogP contribution in [0.1, 0.15) is 40.0 Å². The first-order valence-corrected chi connectivity index (χ1v) is 7.37. The summed E-state index contributed by atoms with van der Waals surface area (Å²) in [7, 11) is 3.01. The molecular weight excluding hydrogens is 258 g/mol. The first-order chi connectivity index (χ1) is 9.51. The van der Waals surface area contributed by atoms with Gasteiger partial charge in [0.2, 0.25) is 5.91 Å². The van der Waals surface area contributed by atoms with Crippen molar-refractivity contribution in [2.45, 2.75) is 40.0 Å². The predicted octanol–water partition coefficient (Wildman–Crippen LogP) is 2.10. The van der Waals surface area contributed by atoms with Crippen molar-refractivity contribution in [3.63, 3.8) is 0 Å². The standard InChI is InChI=1S/C15H29NO4/c1-6-13(7-2)14(17)16(9-8-10-19-4)11-12(3)15(18)20-5/h12-13H,6-11H2,1-5H3. The highest BCUT2D eigenvalue weighted by molar-refractivity contribution is 5.80. The van der Waals surface area contributed by atoms with E-state index < -0.39 is 0 Å². The molecule has 0 aliphatic rings. The molecule has 0 aliphatic carbocycles.